The third-order valence-corrected chi connectivity index (χ3v) is 4.26. The van der Waals surface area contributed by atoms with Gasteiger partial charge in [0.2, 0.25) is 5.91 Å². The molecule has 1 fully saturated rings. The van der Waals surface area contributed by atoms with Crippen LogP contribution in [0.25, 0.3) is 5.69 Å². The standard InChI is InChI=1S/C16H15ClN4O/c1-11-2-4-14(5-3-11)21-16(13(8-18)9-19-21)20-10-12(7-17)6-15(20)22/h2-5,9,12H,6-7,10H2,1H3. The highest BCUT2D eigenvalue weighted by Gasteiger charge is 2.34. The van der Waals surface area contributed by atoms with Gasteiger partial charge < -0.3 is 0 Å². The lowest BCUT2D eigenvalue weighted by atomic mass is 10.1. The zero-order valence-electron chi connectivity index (χ0n) is 12.2. The second-order valence-electron chi connectivity index (χ2n) is 5.47. The van der Waals surface area contributed by atoms with Gasteiger partial charge in [0.25, 0.3) is 0 Å². The number of aromatic nitrogens is 2. The van der Waals surface area contributed by atoms with E-state index in [1.807, 2.05) is 31.2 Å². The number of rotatable bonds is 3. The van der Waals surface area contributed by atoms with Crippen molar-refractivity contribution in [3.63, 3.8) is 0 Å². The molecule has 6 heteroatoms. The molecule has 3 rings (SSSR count). The Balaban J connectivity index is 2.07. The van der Waals surface area contributed by atoms with Crippen LogP contribution in [-0.2, 0) is 4.79 Å². The summed E-state index contributed by atoms with van der Waals surface area (Å²) in [4.78, 5) is 13.9. The van der Waals surface area contributed by atoms with E-state index in [2.05, 4.69) is 11.2 Å². The van der Waals surface area contributed by atoms with Crippen molar-refractivity contribution in [2.24, 2.45) is 5.92 Å². The SMILES string of the molecule is Cc1ccc(-n2ncc(C#N)c2N2CC(CCl)CC2=O)cc1. The van der Waals surface area contributed by atoms with Gasteiger partial charge in [0.05, 0.1) is 11.9 Å². The minimum atomic E-state index is -0.0176. The molecule has 1 aromatic heterocycles. The summed E-state index contributed by atoms with van der Waals surface area (Å²) in [6, 6.07) is 9.91. The minimum absolute atomic E-state index is 0.0176. The number of anilines is 1. The molecule has 2 heterocycles. The summed E-state index contributed by atoms with van der Waals surface area (Å²) < 4.78 is 1.65. The maximum absolute atomic E-state index is 12.3. The van der Waals surface area contributed by atoms with Gasteiger partial charge in [-0.3, -0.25) is 9.69 Å². The lowest BCUT2D eigenvalue weighted by Gasteiger charge is -2.18. The number of halogens is 1. The van der Waals surface area contributed by atoms with E-state index in [0.717, 1.165) is 11.3 Å². The molecular weight excluding hydrogens is 300 g/mol. The van der Waals surface area contributed by atoms with E-state index in [4.69, 9.17) is 11.6 Å². The molecule has 1 aromatic carbocycles. The summed E-state index contributed by atoms with van der Waals surface area (Å²) in [5, 5.41) is 13.6. The van der Waals surface area contributed by atoms with Gasteiger partial charge in [-0.15, -0.1) is 11.6 Å². The van der Waals surface area contributed by atoms with Crippen molar-refractivity contribution in [3.05, 3.63) is 41.6 Å². The first-order valence-corrected chi connectivity index (χ1v) is 7.59. The molecule has 1 atom stereocenters. The first kappa shape index (κ1) is 14.6. The number of nitriles is 1. The molecule has 5 nitrogen and oxygen atoms in total. The predicted molar refractivity (Wildman–Crippen MR) is 84.2 cm³/mol. The van der Waals surface area contributed by atoms with E-state index in [1.165, 1.54) is 6.20 Å². The molecule has 112 valence electrons. The van der Waals surface area contributed by atoms with Crippen LogP contribution in [0, 0.1) is 24.2 Å². The largest absolute Gasteiger partial charge is 0.295 e. The zero-order chi connectivity index (χ0) is 15.7. The molecule has 1 saturated heterocycles. The minimum Gasteiger partial charge on any atom is -0.295 e. The van der Waals surface area contributed by atoms with Gasteiger partial charge in [0.1, 0.15) is 11.6 Å². The van der Waals surface area contributed by atoms with Gasteiger partial charge in [-0.2, -0.15) is 10.4 Å². The van der Waals surface area contributed by atoms with Crippen LogP contribution in [0.4, 0.5) is 5.82 Å². The maximum atomic E-state index is 12.3. The highest BCUT2D eigenvalue weighted by Crippen LogP contribution is 2.30. The van der Waals surface area contributed by atoms with E-state index in [1.54, 1.807) is 9.58 Å². The van der Waals surface area contributed by atoms with Gasteiger partial charge in [0, 0.05) is 18.8 Å². The molecule has 0 radical (unpaired) electrons. The maximum Gasteiger partial charge on any atom is 0.228 e. The molecular formula is C16H15ClN4O. The second-order valence-corrected chi connectivity index (χ2v) is 5.78. The summed E-state index contributed by atoms with van der Waals surface area (Å²) in [7, 11) is 0. The number of carbonyl (C=O) groups is 1. The summed E-state index contributed by atoms with van der Waals surface area (Å²) in [5.74, 6) is 1.06. The molecule has 1 aliphatic heterocycles. The van der Waals surface area contributed by atoms with Crippen molar-refractivity contribution in [1.82, 2.24) is 9.78 Å². The molecule has 0 spiro atoms. The molecule has 0 N–H and O–H groups in total. The van der Waals surface area contributed by atoms with Gasteiger partial charge in [0.15, 0.2) is 5.82 Å². The average Bonchev–Trinajstić information content (AvgIpc) is 3.10. The van der Waals surface area contributed by atoms with Crippen LogP contribution < -0.4 is 4.90 Å². The van der Waals surface area contributed by atoms with E-state index in [0.29, 0.717) is 30.2 Å². The Morgan fingerprint density at radius 1 is 1.41 bits per heavy atom. The highest BCUT2D eigenvalue weighted by molar-refractivity contribution is 6.18. The monoisotopic (exact) mass is 314 g/mol. The van der Waals surface area contributed by atoms with Crippen LogP contribution in [0.15, 0.2) is 30.5 Å². The van der Waals surface area contributed by atoms with Gasteiger partial charge >= 0.3 is 0 Å². The molecule has 1 unspecified atom stereocenters. The van der Waals surface area contributed by atoms with E-state index >= 15 is 0 Å². The Bertz CT molecular complexity index is 744. The van der Waals surface area contributed by atoms with Gasteiger partial charge in [-0.1, -0.05) is 17.7 Å². The quantitative estimate of drug-likeness (QED) is 0.818. The summed E-state index contributed by atoms with van der Waals surface area (Å²) in [6.45, 7) is 2.53. The topological polar surface area (TPSA) is 61.9 Å². The van der Waals surface area contributed by atoms with Crippen molar-refractivity contribution in [2.45, 2.75) is 13.3 Å². The molecule has 22 heavy (non-hydrogen) atoms. The van der Waals surface area contributed by atoms with Crippen molar-refractivity contribution in [2.75, 3.05) is 17.3 Å². The molecule has 0 aliphatic carbocycles. The molecule has 2 aromatic rings. The number of aryl methyl sites for hydroxylation is 1. The fourth-order valence-electron chi connectivity index (χ4n) is 2.65. The zero-order valence-corrected chi connectivity index (χ0v) is 12.9. The Kier molecular flexibility index (Phi) is 3.86. The third kappa shape index (κ3) is 2.46. The molecule has 0 bridgehead atoms. The first-order valence-electron chi connectivity index (χ1n) is 7.05. The number of hydrogen-bond acceptors (Lipinski definition) is 3. The van der Waals surface area contributed by atoms with Crippen molar-refractivity contribution < 1.29 is 4.79 Å². The average molecular weight is 315 g/mol. The number of hydrogen-bond donors (Lipinski definition) is 0. The Morgan fingerprint density at radius 3 is 2.73 bits per heavy atom. The summed E-state index contributed by atoms with van der Waals surface area (Å²) in [5.41, 5.74) is 2.35. The smallest absolute Gasteiger partial charge is 0.228 e. The number of carbonyl (C=O) groups excluding carboxylic acids is 1. The van der Waals surface area contributed by atoms with Crippen LogP contribution in [-0.4, -0.2) is 28.1 Å². The van der Waals surface area contributed by atoms with E-state index in [9.17, 15) is 10.1 Å². The van der Waals surface area contributed by atoms with Crippen LogP contribution in [0.2, 0.25) is 0 Å². The van der Waals surface area contributed by atoms with Crippen LogP contribution in [0.5, 0.6) is 0 Å². The highest BCUT2D eigenvalue weighted by atomic mass is 35.5. The van der Waals surface area contributed by atoms with Crippen molar-refractivity contribution in [1.29, 1.82) is 5.26 Å². The summed E-state index contributed by atoms with van der Waals surface area (Å²) in [6.07, 6.45) is 1.91. The molecule has 1 amide bonds. The number of nitrogens with zero attached hydrogens (tertiary/aromatic N) is 4. The lowest BCUT2D eigenvalue weighted by molar-refractivity contribution is -0.117. The van der Waals surface area contributed by atoms with Crippen molar-refractivity contribution >= 4 is 23.3 Å². The van der Waals surface area contributed by atoms with Crippen LogP contribution >= 0.6 is 11.6 Å². The van der Waals surface area contributed by atoms with Crippen LogP contribution in [0.3, 0.4) is 0 Å². The van der Waals surface area contributed by atoms with Gasteiger partial charge in [-0.05, 0) is 25.0 Å². The lowest BCUT2D eigenvalue weighted by Crippen LogP contribution is -2.28. The van der Waals surface area contributed by atoms with E-state index < -0.39 is 0 Å². The third-order valence-electron chi connectivity index (χ3n) is 3.82. The second kappa shape index (κ2) is 5.82. The number of benzene rings is 1. The van der Waals surface area contributed by atoms with Crippen molar-refractivity contribution in [3.8, 4) is 11.8 Å². The van der Waals surface area contributed by atoms with Crippen LogP contribution in [0.1, 0.15) is 17.5 Å². The molecule has 1 aliphatic rings. The Morgan fingerprint density at radius 2 is 2.14 bits per heavy atom. The Labute approximate surface area is 133 Å². The van der Waals surface area contributed by atoms with Gasteiger partial charge in [-0.25, -0.2) is 4.68 Å². The predicted octanol–water partition coefficient (Wildman–Crippen LogP) is 2.64. The molecule has 0 saturated carbocycles. The Hall–Kier alpha value is -2.32. The normalized spacial score (nSPS) is 17.8. The van der Waals surface area contributed by atoms with E-state index in [-0.39, 0.29) is 11.8 Å². The fraction of sp³-hybridized carbons (Fsp3) is 0.312. The summed E-state index contributed by atoms with van der Waals surface area (Å²) >= 11 is 5.88. The number of amides is 1. The first-order chi connectivity index (χ1) is 10.6. The fourth-order valence-corrected chi connectivity index (χ4v) is 2.85. The number of alkyl halides is 1.